The highest BCUT2D eigenvalue weighted by Crippen LogP contribution is 2.22. The molecule has 0 radical (unpaired) electrons. The molecule has 1 aromatic carbocycles. The number of thiazole rings is 1. The van der Waals surface area contributed by atoms with E-state index in [0.717, 1.165) is 12.8 Å². The summed E-state index contributed by atoms with van der Waals surface area (Å²) in [5.41, 5.74) is 0.636. The smallest absolute Gasteiger partial charge is 0.302 e. The average molecular weight is 293 g/mol. The number of nitrogens with zero attached hydrogens (tertiary/aromatic N) is 1. The molecule has 0 fully saturated rings. The maximum absolute atomic E-state index is 12.2. The first kappa shape index (κ1) is 14.2. The maximum atomic E-state index is 12.2. The van der Waals surface area contributed by atoms with E-state index in [4.69, 9.17) is 0 Å². The molecular weight excluding hydrogens is 278 g/mol. The summed E-state index contributed by atoms with van der Waals surface area (Å²) < 4.78 is 12.5. The van der Waals surface area contributed by atoms with E-state index < -0.39 is 11.2 Å². The SMILES string of the molecule is CCCC[S+]([O-])c1ncc(C(=O)c2ccccc2)s1. The van der Waals surface area contributed by atoms with Crippen LogP contribution in [0.25, 0.3) is 0 Å². The zero-order valence-electron chi connectivity index (χ0n) is 10.7. The molecule has 1 atom stereocenters. The zero-order valence-corrected chi connectivity index (χ0v) is 12.3. The third-order valence-corrected chi connectivity index (χ3v) is 5.38. The molecule has 1 aromatic heterocycles. The molecule has 1 heterocycles. The lowest BCUT2D eigenvalue weighted by Gasteiger charge is -2.04. The fourth-order valence-corrected chi connectivity index (χ4v) is 3.96. The van der Waals surface area contributed by atoms with E-state index >= 15 is 0 Å². The average Bonchev–Trinajstić information content (AvgIpc) is 2.94. The largest absolute Gasteiger partial charge is 0.610 e. The fraction of sp³-hybridized carbons (Fsp3) is 0.286. The minimum Gasteiger partial charge on any atom is -0.610 e. The second kappa shape index (κ2) is 6.84. The molecule has 5 heteroatoms. The molecule has 0 saturated heterocycles. The molecule has 3 nitrogen and oxygen atoms in total. The van der Waals surface area contributed by atoms with Crippen LogP contribution in [-0.4, -0.2) is 21.1 Å². The highest BCUT2D eigenvalue weighted by Gasteiger charge is 2.19. The van der Waals surface area contributed by atoms with Gasteiger partial charge in [-0.1, -0.05) is 55.0 Å². The number of benzene rings is 1. The van der Waals surface area contributed by atoms with E-state index in [0.29, 0.717) is 20.5 Å². The second-order valence-corrected chi connectivity index (χ2v) is 6.86. The monoisotopic (exact) mass is 293 g/mol. The van der Waals surface area contributed by atoms with Gasteiger partial charge in [0.05, 0.1) is 11.1 Å². The lowest BCUT2D eigenvalue weighted by atomic mass is 10.1. The molecule has 0 amide bonds. The highest BCUT2D eigenvalue weighted by molar-refractivity contribution is 7.93. The van der Waals surface area contributed by atoms with Crippen LogP contribution >= 0.6 is 11.3 Å². The summed E-state index contributed by atoms with van der Waals surface area (Å²) in [7, 11) is 0. The van der Waals surface area contributed by atoms with Gasteiger partial charge >= 0.3 is 4.34 Å². The van der Waals surface area contributed by atoms with Crippen molar-refractivity contribution < 1.29 is 9.35 Å². The number of hydrogen-bond acceptors (Lipinski definition) is 4. The number of hydrogen-bond donors (Lipinski definition) is 0. The van der Waals surface area contributed by atoms with Crippen molar-refractivity contribution in [2.45, 2.75) is 24.1 Å². The van der Waals surface area contributed by atoms with Crippen LogP contribution in [0.3, 0.4) is 0 Å². The van der Waals surface area contributed by atoms with Gasteiger partial charge in [0.1, 0.15) is 5.75 Å². The fourth-order valence-electron chi connectivity index (χ4n) is 1.56. The quantitative estimate of drug-likeness (QED) is 0.606. The summed E-state index contributed by atoms with van der Waals surface area (Å²) in [5.74, 6) is 0.556. The number of rotatable bonds is 6. The molecule has 100 valence electrons. The topological polar surface area (TPSA) is 53.0 Å². The van der Waals surface area contributed by atoms with Gasteiger partial charge in [-0.15, -0.1) is 0 Å². The molecule has 0 aliphatic heterocycles. The molecule has 2 rings (SSSR count). The van der Waals surface area contributed by atoms with Crippen LogP contribution in [0.4, 0.5) is 0 Å². The van der Waals surface area contributed by atoms with E-state index in [1.165, 1.54) is 17.5 Å². The van der Waals surface area contributed by atoms with Crippen LogP contribution in [0.2, 0.25) is 0 Å². The Balaban J connectivity index is 2.11. The first-order valence-corrected chi connectivity index (χ1v) is 8.30. The number of ketones is 1. The minimum atomic E-state index is -1.08. The van der Waals surface area contributed by atoms with E-state index in [1.54, 1.807) is 12.1 Å². The van der Waals surface area contributed by atoms with Crippen molar-refractivity contribution in [3.63, 3.8) is 0 Å². The summed E-state index contributed by atoms with van der Waals surface area (Å²) in [6.45, 7) is 2.06. The Morgan fingerprint density at radius 2 is 2.11 bits per heavy atom. The van der Waals surface area contributed by atoms with Gasteiger partial charge in [-0.25, -0.2) is 0 Å². The predicted octanol–water partition coefficient (Wildman–Crippen LogP) is 3.28. The summed E-state index contributed by atoms with van der Waals surface area (Å²) in [5, 5.41) is 0. The van der Waals surface area contributed by atoms with Crippen LogP contribution in [-0.2, 0) is 11.2 Å². The van der Waals surface area contributed by atoms with Crippen LogP contribution in [0.1, 0.15) is 35.0 Å². The Morgan fingerprint density at radius 3 is 2.79 bits per heavy atom. The number of aromatic nitrogens is 1. The van der Waals surface area contributed by atoms with Crippen LogP contribution < -0.4 is 0 Å². The highest BCUT2D eigenvalue weighted by atomic mass is 32.2. The van der Waals surface area contributed by atoms with Crippen LogP contribution in [0, 0.1) is 0 Å². The summed E-state index contributed by atoms with van der Waals surface area (Å²) in [6, 6.07) is 9.07. The van der Waals surface area contributed by atoms with Gasteiger partial charge in [-0.2, -0.15) is 4.98 Å². The summed E-state index contributed by atoms with van der Waals surface area (Å²) in [4.78, 5) is 16.8. The molecule has 0 bridgehead atoms. The molecule has 0 saturated carbocycles. The standard InChI is InChI=1S/C14H15NO2S2/c1-2-3-9-19(17)14-15-10-12(18-14)13(16)11-7-5-4-6-8-11/h4-8,10H,2-3,9H2,1H3. The van der Waals surface area contributed by atoms with Crippen LogP contribution in [0.15, 0.2) is 40.9 Å². The van der Waals surface area contributed by atoms with Gasteiger partial charge in [0.25, 0.3) is 0 Å². The molecular formula is C14H15NO2S2. The summed E-state index contributed by atoms with van der Waals surface area (Å²) >= 11 is 0.153. The molecule has 19 heavy (non-hydrogen) atoms. The lowest BCUT2D eigenvalue weighted by molar-refractivity contribution is 0.104. The predicted molar refractivity (Wildman–Crippen MR) is 78.2 cm³/mol. The van der Waals surface area contributed by atoms with Crippen molar-refractivity contribution in [2.24, 2.45) is 0 Å². The molecule has 0 spiro atoms. The zero-order chi connectivity index (χ0) is 13.7. The van der Waals surface area contributed by atoms with Crippen molar-refractivity contribution in [3.05, 3.63) is 47.0 Å². The minimum absolute atomic E-state index is 0.0585. The van der Waals surface area contributed by atoms with Crippen molar-refractivity contribution in [2.75, 3.05) is 5.75 Å². The molecule has 2 aromatic rings. The van der Waals surface area contributed by atoms with Crippen molar-refractivity contribution in [1.29, 1.82) is 0 Å². The maximum Gasteiger partial charge on any atom is 0.302 e. The van der Waals surface area contributed by atoms with Crippen molar-refractivity contribution >= 4 is 28.3 Å². The van der Waals surface area contributed by atoms with Gasteiger partial charge in [-0.05, 0) is 6.42 Å². The molecule has 0 N–H and O–H groups in total. The Bertz CT molecular complexity index is 539. The Hall–Kier alpha value is -1.17. The van der Waals surface area contributed by atoms with E-state index in [2.05, 4.69) is 11.9 Å². The number of unbranched alkanes of at least 4 members (excludes halogenated alkanes) is 1. The van der Waals surface area contributed by atoms with E-state index in [-0.39, 0.29) is 5.78 Å². The van der Waals surface area contributed by atoms with Crippen LogP contribution in [0.5, 0.6) is 0 Å². The normalized spacial score (nSPS) is 12.3. The Morgan fingerprint density at radius 1 is 1.37 bits per heavy atom. The van der Waals surface area contributed by atoms with Gasteiger partial charge in [0.2, 0.25) is 5.78 Å². The van der Waals surface area contributed by atoms with Gasteiger partial charge in [-0.3, -0.25) is 4.79 Å². The molecule has 0 aliphatic rings. The van der Waals surface area contributed by atoms with E-state index in [1.807, 2.05) is 18.2 Å². The van der Waals surface area contributed by atoms with Gasteiger partial charge in [0, 0.05) is 16.7 Å². The third-order valence-electron chi connectivity index (χ3n) is 2.62. The number of carbonyl (C=O) groups excluding carboxylic acids is 1. The van der Waals surface area contributed by atoms with Crippen molar-refractivity contribution in [3.8, 4) is 0 Å². The summed E-state index contributed by atoms with van der Waals surface area (Å²) in [6.07, 6.45) is 3.44. The Kier molecular flexibility index (Phi) is 5.13. The molecule has 1 unspecified atom stereocenters. The lowest BCUT2D eigenvalue weighted by Crippen LogP contribution is -2.05. The van der Waals surface area contributed by atoms with Crippen molar-refractivity contribution in [1.82, 2.24) is 4.98 Å². The first-order chi connectivity index (χ1) is 9.22. The molecule has 0 aliphatic carbocycles. The van der Waals surface area contributed by atoms with Gasteiger partial charge in [0.15, 0.2) is 0 Å². The Labute approximate surface area is 119 Å². The van der Waals surface area contributed by atoms with Gasteiger partial charge < -0.3 is 4.55 Å². The van der Waals surface area contributed by atoms with E-state index in [9.17, 15) is 9.35 Å². The first-order valence-electron chi connectivity index (χ1n) is 6.16. The number of carbonyl (C=O) groups is 1. The third kappa shape index (κ3) is 3.65. The second-order valence-electron chi connectivity index (χ2n) is 4.09.